The average Bonchev–Trinajstić information content (AvgIpc) is 2.78. The molecule has 4 rings (SSSR count). The quantitative estimate of drug-likeness (QED) is 0.519. The number of nitrogens with zero attached hydrogens (tertiary/aromatic N) is 3. The molecule has 4 aromatic rings. The fourth-order valence-electron chi connectivity index (χ4n) is 3.42. The van der Waals surface area contributed by atoms with E-state index in [2.05, 4.69) is 15.3 Å². The molecule has 0 aliphatic heterocycles. The lowest BCUT2D eigenvalue weighted by molar-refractivity contribution is 0.0958. The first-order chi connectivity index (χ1) is 15.0. The number of amides is 1. The monoisotopic (exact) mass is 418 g/mol. The zero-order valence-electron chi connectivity index (χ0n) is 16.7. The van der Waals surface area contributed by atoms with Crippen molar-refractivity contribution in [2.24, 2.45) is 0 Å². The van der Waals surface area contributed by atoms with Crippen molar-refractivity contribution in [3.8, 4) is 5.75 Å². The lowest BCUT2D eigenvalue weighted by Gasteiger charge is -2.15. The summed E-state index contributed by atoms with van der Waals surface area (Å²) in [6.45, 7) is 0.0993. The second-order valence-corrected chi connectivity index (χ2v) is 7.03. The predicted molar refractivity (Wildman–Crippen MR) is 114 cm³/mol. The van der Waals surface area contributed by atoms with Gasteiger partial charge in [0.05, 0.1) is 17.8 Å². The highest BCUT2D eigenvalue weighted by molar-refractivity contribution is 6.01. The molecule has 0 bridgehead atoms. The van der Waals surface area contributed by atoms with Gasteiger partial charge in [-0.3, -0.25) is 24.1 Å². The number of aromatic hydroxyl groups is 1. The van der Waals surface area contributed by atoms with Gasteiger partial charge in [-0.1, -0.05) is 18.2 Å². The normalized spacial score (nSPS) is 10.9. The number of fused-ring (bicyclic) bond motifs is 1. The second kappa shape index (κ2) is 8.35. The van der Waals surface area contributed by atoms with E-state index in [-0.39, 0.29) is 23.4 Å². The summed E-state index contributed by atoms with van der Waals surface area (Å²) in [5, 5.41) is 13.0. The molecular weight excluding hydrogens is 399 g/mol. The molecule has 2 N–H and O–H groups in total. The third kappa shape index (κ3) is 4.00. The molecule has 0 radical (unpaired) electrons. The molecule has 1 amide bonds. The number of nitrogens with one attached hydrogen (secondary N) is 1. The minimum Gasteiger partial charge on any atom is -0.505 e. The Morgan fingerprint density at radius 3 is 2.58 bits per heavy atom. The van der Waals surface area contributed by atoms with Crippen molar-refractivity contribution in [1.82, 2.24) is 19.9 Å². The number of aromatic nitrogens is 3. The molecular formula is C23H19FN4O3. The summed E-state index contributed by atoms with van der Waals surface area (Å²) in [5.74, 6) is -1.49. The van der Waals surface area contributed by atoms with Crippen LogP contribution in [0.3, 0.4) is 0 Å². The van der Waals surface area contributed by atoms with Gasteiger partial charge >= 0.3 is 0 Å². The summed E-state index contributed by atoms with van der Waals surface area (Å²) in [6.07, 6.45) is 3.63. The molecule has 31 heavy (non-hydrogen) atoms. The van der Waals surface area contributed by atoms with Gasteiger partial charge in [-0.2, -0.15) is 0 Å². The largest absolute Gasteiger partial charge is 0.505 e. The molecule has 3 aromatic heterocycles. The maximum absolute atomic E-state index is 13.2. The highest BCUT2D eigenvalue weighted by Crippen LogP contribution is 2.26. The molecule has 1 aromatic carbocycles. The lowest BCUT2D eigenvalue weighted by atomic mass is 10.1. The van der Waals surface area contributed by atoms with Crippen LogP contribution in [0.5, 0.6) is 5.75 Å². The highest BCUT2D eigenvalue weighted by atomic mass is 19.1. The van der Waals surface area contributed by atoms with E-state index in [1.165, 1.54) is 23.7 Å². The van der Waals surface area contributed by atoms with Crippen LogP contribution in [-0.2, 0) is 13.0 Å². The van der Waals surface area contributed by atoms with E-state index >= 15 is 0 Å². The third-order valence-corrected chi connectivity index (χ3v) is 4.96. The van der Waals surface area contributed by atoms with E-state index in [0.29, 0.717) is 17.6 Å². The van der Waals surface area contributed by atoms with Gasteiger partial charge < -0.3 is 10.4 Å². The van der Waals surface area contributed by atoms with Gasteiger partial charge in [0.15, 0.2) is 5.75 Å². The summed E-state index contributed by atoms with van der Waals surface area (Å²) in [4.78, 5) is 34.0. The standard InChI is InChI=1S/C23H19FN4O3/c1-25-22(30)19-21(29)20-18(28(23(19)31)13-17-4-2-3-9-26-17)11-15(12-27-20)10-14-5-7-16(24)8-6-14/h2-9,11-12,29H,10,13H2,1H3,(H,25,30). The maximum atomic E-state index is 13.2. The minimum absolute atomic E-state index is 0.0993. The van der Waals surface area contributed by atoms with Crippen molar-refractivity contribution in [2.75, 3.05) is 7.05 Å². The number of carbonyl (C=O) groups excluding carboxylic acids is 1. The van der Waals surface area contributed by atoms with Gasteiger partial charge in [0.2, 0.25) is 0 Å². The molecule has 0 atom stereocenters. The smallest absolute Gasteiger partial charge is 0.268 e. The van der Waals surface area contributed by atoms with Crippen LogP contribution in [0, 0.1) is 5.82 Å². The van der Waals surface area contributed by atoms with Gasteiger partial charge in [0, 0.05) is 19.4 Å². The second-order valence-electron chi connectivity index (χ2n) is 7.03. The molecule has 156 valence electrons. The van der Waals surface area contributed by atoms with E-state index in [0.717, 1.165) is 11.1 Å². The van der Waals surface area contributed by atoms with Crippen LogP contribution < -0.4 is 10.9 Å². The first kappa shape index (κ1) is 20.2. The molecule has 0 spiro atoms. The number of pyridine rings is 3. The number of halogens is 1. The zero-order valence-corrected chi connectivity index (χ0v) is 16.7. The topological polar surface area (TPSA) is 97.1 Å². The molecule has 3 heterocycles. The predicted octanol–water partition coefficient (Wildman–Crippen LogP) is 2.63. The van der Waals surface area contributed by atoms with E-state index in [1.54, 1.807) is 48.8 Å². The van der Waals surface area contributed by atoms with Crippen molar-refractivity contribution in [1.29, 1.82) is 0 Å². The zero-order chi connectivity index (χ0) is 22.0. The highest BCUT2D eigenvalue weighted by Gasteiger charge is 2.23. The van der Waals surface area contributed by atoms with Gasteiger partial charge in [-0.25, -0.2) is 4.39 Å². The molecule has 0 saturated heterocycles. The summed E-state index contributed by atoms with van der Waals surface area (Å²) in [6, 6.07) is 13.2. The average molecular weight is 418 g/mol. The molecule has 0 saturated carbocycles. The SMILES string of the molecule is CNC(=O)c1c(O)c2ncc(Cc3ccc(F)cc3)cc2n(Cc2ccccn2)c1=O. The first-order valence-corrected chi connectivity index (χ1v) is 9.58. The third-order valence-electron chi connectivity index (χ3n) is 4.96. The molecule has 0 fully saturated rings. The summed E-state index contributed by atoms with van der Waals surface area (Å²) in [5.41, 5.74) is 1.74. The van der Waals surface area contributed by atoms with Crippen molar-refractivity contribution >= 4 is 16.9 Å². The van der Waals surface area contributed by atoms with Crippen LogP contribution in [0.4, 0.5) is 4.39 Å². The number of carbonyl (C=O) groups is 1. The maximum Gasteiger partial charge on any atom is 0.268 e. The lowest BCUT2D eigenvalue weighted by Crippen LogP contribution is -2.32. The van der Waals surface area contributed by atoms with E-state index in [9.17, 15) is 19.1 Å². The van der Waals surface area contributed by atoms with Crippen molar-refractivity contribution in [2.45, 2.75) is 13.0 Å². The van der Waals surface area contributed by atoms with Gasteiger partial charge in [-0.15, -0.1) is 0 Å². The van der Waals surface area contributed by atoms with Crippen LogP contribution in [0.2, 0.25) is 0 Å². The van der Waals surface area contributed by atoms with Gasteiger partial charge in [-0.05, 0) is 47.9 Å². The van der Waals surface area contributed by atoms with Crippen molar-refractivity contribution in [3.05, 3.63) is 99.5 Å². The first-order valence-electron chi connectivity index (χ1n) is 9.58. The summed E-state index contributed by atoms with van der Waals surface area (Å²) >= 11 is 0. The molecule has 0 unspecified atom stereocenters. The van der Waals surface area contributed by atoms with Crippen molar-refractivity contribution in [3.63, 3.8) is 0 Å². The van der Waals surface area contributed by atoms with Crippen LogP contribution >= 0.6 is 0 Å². The Morgan fingerprint density at radius 2 is 1.90 bits per heavy atom. The van der Waals surface area contributed by atoms with E-state index in [4.69, 9.17) is 0 Å². The number of benzene rings is 1. The Bertz CT molecular complexity index is 1320. The number of hydrogen-bond donors (Lipinski definition) is 2. The molecule has 0 aliphatic carbocycles. The number of rotatable bonds is 5. The Labute approximate surface area is 176 Å². The minimum atomic E-state index is -0.698. The van der Waals surface area contributed by atoms with Crippen LogP contribution in [0.1, 0.15) is 27.2 Å². The van der Waals surface area contributed by atoms with Crippen LogP contribution in [0.15, 0.2) is 65.7 Å². The fraction of sp³-hybridized carbons (Fsp3) is 0.130. The van der Waals surface area contributed by atoms with Crippen LogP contribution in [-0.4, -0.2) is 32.6 Å². The summed E-state index contributed by atoms with van der Waals surface area (Å²) < 4.78 is 14.6. The molecule has 7 nitrogen and oxygen atoms in total. The van der Waals surface area contributed by atoms with Crippen molar-refractivity contribution < 1.29 is 14.3 Å². The van der Waals surface area contributed by atoms with Gasteiger partial charge in [0.25, 0.3) is 11.5 Å². The Balaban J connectivity index is 1.89. The Hall–Kier alpha value is -4.07. The Kier molecular flexibility index (Phi) is 5.44. The molecule has 8 heteroatoms. The summed E-state index contributed by atoms with van der Waals surface area (Å²) in [7, 11) is 1.38. The van der Waals surface area contributed by atoms with E-state index in [1.807, 2.05) is 0 Å². The number of hydrogen-bond acceptors (Lipinski definition) is 5. The molecule has 0 aliphatic rings. The van der Waals surface area contributed by atoms with E-state index < -0.39 is 17.2 Å². The fourth-order valence-corrected chi connectivity index (χ4v) is 3.42. The Morgan fingerprint density at radius 1 is 1.13 bits per heavy atom. The van der Waals surface area contributed by atoms with Gasteiger partial charge in [0.1, 0.15) is 16.9 Å². The van der Waals surface area contributed by atoms with Crippen LogP contribution in [0.25, 0.3) is 11.0 Å².